The molecule has 0 bridgehead atoms. The normalized spacial score (nSPS) is 23.6. The predicted octanol–water partition coefficient (Wildman–Crippen LogP) is 1.03. The lowest BCUT2D eigenvalue weighted by Gasteiger charge is -2.11. The minimum absolute atomic E-state index is 0.109. The highest BCUT2D eigenvalue weighted by atomic mass is 79.9. The lowest BCUT2D eigenvalue weighted by atomic mass is 10.2. The Labute approximate surface area is 108 Å². The van der Waals surface area contributed by atoms with Crippen molar-refractivity contribution in [3.05, 3.63) is 34.3 Å². The first kappa shape index (κ1) is 12.5. The van der Waals surface area contributed by atoms with Gasteiger partial charge in [-0.25, -0.2) is 15.6 Å². The van der Waals surface area contributed by atoms with Crippen molar-refractivity contribution in [3.63, 3.8) is 0 Å². The average molecular weight is 300 g/mol. The maximum Gasteiger partial charge on any atom is 0.339 e. The van der Waals surface area contributed by atoms with E-state index >= 15 is 0 Å². The number of hydrogen-bond donors (Lipinski definition) is 3. The first-order chi connectivity index (χ1) is 8.20. The van der Waals surface area contributed by atoms with Crippen LogP contribution in [0.3, 0.4) is 0 Å². The van der Waals surface area contributed by atoms with Crippen molar-refractivity contribution in [2.75, 3.05) is 6.61 Å². The van der Waals surface area contributed by atoms with Crippen molar-refractivity contribution in [3.8, 4) is 0 Å². The first-order valence-corrected chi connectivity index (χ1v) is 6.19. The molecule has 3 N–H and O–H groups in total. The van der Waals surface area contributed by atoms with Crippen molar-refractivity contribution >= 4 is 21.9 Å². The Morgan fingerprint density at radius 3 is 3.00 bits per heavy atom. The molecule has 92 valence electrons. The third kappa shape index (κ3) is 3.04. The van der Waals surface area contributed by atoms with E-state index in [0.717, 1.165) is 10.0 Å². The summed E-state index contributed by atoms with van der Waals surface area (Å²) < 4.78 is 5.92. The van der Waals surface area contributed by atoms with Crippen LogP contribution in [0, 0.1) is 0 Å². The molecule has 1 saturated heterocycles. The number of esters is 1. The van der Waals surface area contributed by atoms with Crippen LogP contribution in [0.4, 0.5) is 0 Å². The summed E-state index contributed by atoms with van der Waals surface area (Å²) in [5.41, 5.74) is 6.91. The largest absolute Gasteiger partial charge is 0.464 e. The zero-order chi connectivity index (χ0) is 12.3. The van der Waals surface area contributed by atoms with Gasteiger partial charge in [0.2, 0.25) is 0 Å². The highest BCUT2D eigenvalue weighted by molar-refractivity contribution is 9.10. The fourth-order valence-electron chi connectivity index (χ4n) is 1.63. The van der Waals surface area contributed by atoms with E-state index in [0.29, 0.717) is 6.61 Å². The van der Waals surface area contributed by atoms with Crippen LogP contribution in [0.2, 0.25) is 0 Å². The summed E-state index contributed by atoms with van der Waals surface area (Å²) in [5.74, 6) is -0.308. The second-order valence-corrected chi connectivity index (χ2v) is 4.54. The number of hydrazine groups is 1. The average Bonchev–Trinajstić information content (AvgIpc) is 2.78. The van der Waals surface area contributed by atoms with Crippen LogP contribution < -0.4 is 16.2 Å². The van der Waals surface area contributed by atoms with Crippen LogP contribution >= 0.6 is 15.9 Å². The molecule has 2 rings (SSSR count). The Balaban J connectivity index is 2.00. The number of nitrogens with one attached hydrogen (secondary N) is 3. The molecule has 1 aliphatic heterocycles. The molecule has 1 aromatic carbocycles. The van der Waals surface area contributed by atoms with Gasteiger partial charge in [-0.3, -0.25) is 5.32 Å². The van der Waals surface area contributed by atoms with E-state index in [1.165, 1.54) is 0 Å². The fourth-order valence-corrected chi connectivity index (χ4v) is 2.05. The molecule has 2 unspecified atom stereocenters. The van der Waals surface area contributed by atoms with Gasteiger partial charge in [-0.1, -0.05) is 28.1 Å². The molecule has 5 nitrogen and oxygen atoms in total. The van der Waals surface area contributed by atoms with E-state index in [2.05, 4.69) is 32.1 Å². The van der Waals surface area contributed by atoms with Crippen LogP contribution in [0.25, 0.3) is 0 Å². The quantitative estimate of drug-likeness (QED) is 0.728. The van der Waals surface area contributed by atoms with Gasteiger partial charge >= 0.3 is 5.97 Å². The molecule has 6 heteroatoms. The zero-order valence-electron chi connectivity index (χ0n) is 9.37. The monoisotopic (exact) mass is 299 g/mol. The minimum Gasteiger partial charge on any atom is -0.464 e. The molecular weight excluding hydrogens is 286 g/mol. The molecule has 1 fully saturated rings. The van der Waals surface area contributed by atoms with E-state index in [9.17, 15) is 4.79 Å². The zero-order valence-corrected chi connectivity index (χ0v) is 11.0. The topological polar surface area (TPSA) is 62.4 Å². The number of ether oxygens (including phenoxy) is 1. The van der Waals surface area contributed by atoms with E-state index in [1.54, 1.807) is 6.92 Å². The van der Waals surface area contributed by atoms with Gasteiger partial charge in [-0.2, -0.15) is 0 Å². The molecule has 0 aromatic heterocycles. The van der Waals surface area contributed by atoms with Gasteiger partial charge in [0.15, 0.2) is 6.17 Å². The van der Waals surface area contributed by atoms with E-state index in [4.69, 9.17) is 4.74 Å². The molecule has 1 aliphatic rings. The molecule has 0 radical (unpaired) electrons. The third-order valence-electron chi connectivity index (χ3n) is 2.41. The number of hydrogen-bond acceptors (Lipinski definition) is 5. The lowest BCUT2D eigenvalue weighted by molar-refractivity contribution is -0.146. The van der Waals surface area contributed by atoms with Crippen molar-refractivity contribution in [2.24, 2.45) is 0 Å². The molecule has 1 aromatic rings. The smallest absolute Gasteiger partial charge is 0.339 e. The van der Waals surface area contributed by atoms with Crippen LogP contribution in [0.15, 0.2) is 28.7 Å². The summed E-state index contributed by atoms with van der Waals surface area (Å²) in [5, 5.41) is 3.10. The van der Waals surface area contributed by atoms with Crippen LogP contribution in [-0.4, -0.2) is 18.7 Å². The van der Waals surface area contributed by atoms with Gasteiger partial charge in [-0.15, -0.1) is 0 Å². The molecule has 17 heavy (non-hydrogen) atoms. The second kappa shape index (κ2) is 5.59. The van der Waals surface area contributed by atoms with Crippen LogP contribution in [0.5, 0.6) is 0 Å². The molecular formula is C11H14BrN3O2. The summed E-state index contributed by atoms with van der Waals surface area (Å²) in [4.78, 5) is 11.5. The van der Waals surface area contributed by atoms with Crippen molar-refractivity contribution in [1.29, 1.82) is 0 Å². The summed E-state index contributed by atoms with van der Waals surface area (Å²) in [7, 11) is 0. The molecule has 0 saturated carbocycles. The highest BCUT2D eigenvalue weighted by Crippen LogP contribution is 2.18. The van der Waals surface area contributed by atoms with E-state index in [-0.39, 0.29) is 12.1 Å². The Bertz CT molecular complexity index is 413. The fraction of sp³-hybridized carbons (Fsp3) is 0.364. The summed E-state index contributed by atoms with van der Waals surface area (Å²) in [6.45, 7) is 2.16. The Hall–Kier alpha value is -0.950. The maximum atomic E-state index is 11.5. The molecule has 0 spiro atoms. The molecule has 1 heterocycles. The first-order valence-electron chi connectivity index (χ1n) is 5.40. The van der Waals surface area contributed by atoms with E-state index < -0.39 is 6.17 Å². The Morgan fingerprint density at radius 1 is 1.47 bits per heavy atom. The molecule has 0 amide bonds. The number of carbonyl (C=O) groups excluding carboxylic acids is 1. The van der Waals surface area contributed by atoms with Crippen LogP contribution in [0.1, 0.15) is 18.7 Å². The maximum absolute atomic E-state index is 11.5. The van der Waals surface area contributed by atoms with Gasteiger partial charge in [-0.05, 0) is 24.6 Å². The molecule has 0 aliphatic carbocycles. The minimum atomic E-state index is -0.515. The Morgan fingerprint density at radius 2 is 2.29 bits per heavy atom. The molecule has 2 atom stereocenters. The summed E-state index contributed by atoms with van der Waals surface area (Å²) in [6.07, 6.45) is -0.624. The SMILES string of the molecule is CCOC(=O)C1NNC(c2cccc(Br)c2)N1. The number of benzene rings is 1. The van der Waals surface area contributed by atoms with Gasteiger partial charge in [0.1, 0.15) is 0 Å². The van der Waals surface area contributed by atoms with Gasteiger partial charge in [0.25, 0.3) is 0 Å². The summed E-state index contributed by atoms with van der Waals surface area (Å²) >= 11 is 3.41. The predicted molar refractivity (Wildman–Crippen MR) is 66.7 cm³/mol. The van der Waals surface area contributed by atoms with E-state index in [1.807, 2.05) is 24.3 Å². The third-order valence-corrected chi connectivity index (χ3v) is 2.90. The van der Waals surface area contributed by atoms with Crippen molar-refractivity contribution < 1.29 is 9.53 Å². The summed E-state index contributed by atoms with van der Waals surface area (Å²) in [6, 6.07) is 7.86. The van der Waals surface area contributed by atoms with Crippen molar-refractivity contribution in [2.45, 2.75) is 19.3 Å². The number of rotatable bonds is 3. The van der Waals surface area contributed by atoms with Crippen LogP contribution in [-0.2, 0) is 9.53 Å². The number of carbonyl (C=O) groups is 1. The highest BCUT2D eigenvalue weighted by Gasteiger charge is 2.29. The van der Waals surface area contributed by atoms with Gasteiger partial charge in [0.05, 0.1) is 12.8 Å². The lowest BCUT2D eigenvalue weighted by Crippen LogP contribution is -2.42. The standard InChI is InChI=1S/C11H14BrN3O2/c1-2-17-11(16)10-13-9(14-15-10)7-4-3-5-8(12)6-7/h3-6,9-10,13-15H,2H2,1H3. The second-order valence-electron chi connectivity index (χ2n) is 3.63. The Kier molecular flexibility index (Phi) is 4.11. The van der Waals surface area contributed by atoms with Gasteiger partial charge < -0.3 is 4.74 Å². The van der Waals surface area contributed by atoms with Gasteiger partial charge in [0, 0.05) is 4.47 Å². The van der Waals surface area contributed by atoms with Crippen molar-refractivity contribution in [1.82, 2.24) is 16.2 Å². The number of halogens is 1.